The number of benzene rings is 1. The van der Waals surface area contributed by atoms with Gasteiger partial charge in [-0.25, -0.2) is 0 Å². The Morgan fingerprint density at radius 3 is 2.85 bits per heavy atom. The molecule has 0 radical (unpaired) electrons. The van der Waals surface area contributed by atoms with Crippen molar-refractivity contribution in [3.8, 4) is 0 Å². The minimum atomic E-state index is -0.0936. The molecule has 0 spiro atoms. The van der Waals surface area contributed by atoms with E-state index in [1.165, 1.54) is 5.56 Å². The molecule has 1 fully saturated rings. The Hall–Kier alpha value is -2.10. The van der Waals surface area contributed by atoms with Gasteiger partial charge < -0.3 is 9.42 Å². The van der Waals surface area contributed by atoms with Gasteiger partial charge in [-0.2, -0.15) is 0 Å². The Labute approximate surface area is 118 Å². The van der Waals surface area contributed by atoms with Crippen molar-refractivity contribution < 1.29 is 9.32 Å². The lowest BCUT2D eigenvalue weighted by atomic mass is 10.1. The first-order valence-electron chi connectivity index (χ1n) is 6.91. The highest BCUT2D eigenvalue weighted by molar-refractivity contribution is 5.92. The van der Waals surface area contributed by atoms with E-state index in [4.69, 9.17) is 4.52 Å². The van der Waals surface area contributed by atoms with Gasteiger partial charge in [-0.3, -0.25) is 4.79 Å². The van der Waals surface area contributed by atoms with Gasteiger partial charge in [0.15, 0.2) is 5.69 Å². The topological polar surface area (TPSA) is 46.3 Å². The molecule has 2 aromatic rings. The van der Waals surface area contributed by atoms with Gasteiger partial charge in [0, 0.05) is 25.6 Å². The second-order valence-electron chi connectivity index (χ2n) is 5.48. The van der Waals surface area contributed by atoms with E-state index in [1.54, 1.807) is 18.0 Å². The molecule has 4 nitrogen and oxygen atoms in total. The summed E-state index contributed by atoms with van der Waals surface area (Å²) in [6.45, 7) is 2.63. The quantitative estimate of drug-likeness (QED) is 0.857. The van der Waals surface area contributed by atoms with Gasteiger partial charge in [0.05, 0.1) is 0 Å². The lowest BCUT2D eigenvalue weighted by Gasteiger charge is -2.17. The van der Waals surface area contributed by atoms with Gasteiger partial charge >= 0.3 is 0 Å². The van der Waals surface area contributed by atoms with Crippen molar-refractivity contribution in [1.82, 2.24) is 10.1 Å². The molecule has 20 heavy (non-hydrogen) atoms. The monoisotopic (exact) mass is 270 g/mol. The number of nitrogens with zero attached hydrogens (tertiary/aromatic N) is 2. The van der Waals surface area contributed by atoms with Crippen molar-refractivity contribution in [2.24, 2.45) is 0 Å². The highest BCUT2D eigenvalue weighted by Gasteiger charge is 2.29. The van der Waals surface area contributed by atoms with E-state index in [2.05, 4.69) is 18.1 Å². The maximum atomic E-state index is 12.3. The number of amides is 1. The van der Waals surface area contributed by atoms with Crippen LogP contribution >= 0.6 is 0 Å². The van der Waals surface area contributed by atoms with Gasteiger partial charge in [-0.15, -0.1) is 0 Å². The molecule has 104 valence electrons. The lowest BCUT2D eigenvalue weighted by molar-refractivity contribution is 0.0774. The first-order valence-corrected chi connectivity index (χ1v) is 6.91. The number of carbonyl (C=O) groups excluding carboxylic acids is 1. The second kappa shape index (κ2) is 5.12. The number of aromatic nitrogens is 1. The van der Waals surface area contributed by atoms with Gasteiger partial charge in [0.2, 0.25) is 0 Å². The molecule has 1 heterocycles. The second-order valence-corrected chi connectivity index (χ2v) is 5.48. The van der Waals surface area contributed by atoms with E-state index in [9.17, 15) is 4.79 Å². The highest BCUT2D eigenvalue weighted by atomic mass is 16.5. The molecular formula is C16H18N2O2. The third kappa shape index (κ3) is 2.59. The summed E-state index contributed by atoms with van der Waals surface area (Å²) >= 11 is 0. The molecule has 0 saturated heterocycles. The van der Waals surface area contributed by atoms with Crippen LogP contribution in [0.2, 0.25) is 0 Å². The number of aryl methyl sites for hydroxylation is 1. The molecule has 1 aromatic heterocycles. The molecular weight excluding hydrogens is 252 g/mol. The van der Waals surface area contributed by atoms with Crippen LogP contribution in [0.4, 0.5) is 0 Å². The van der Waals surface area contributed by atoms with Crippen molar-refractivity contribution in [3.05, 3.63) is 52.9 Å². The number of carbonyl (C=O) groups is 1. The number of hydrogen-bond donors (Lipinski definition) is 0. The summed E-state index contributed by atoms with van der Waals surface area (Å²) in [7, 11) is 1.79. The Morgan fingerprint density at radius 2 is 2.15 bits per heavy atom. The smallest absolute Gasteiger partial charge is 0.276 e. The van der Waals surface area contributed by atoms with Crippen molar-refractivity contribution in [2.75, 3.05) is 7.05 Å². The predicted octanol–water partition coefficient (Wildman–Crippen LogP) is 3.13. The van der Waals surface area contributed by atoms with Crippen molar-refractivity contribution >= 4 is 5.91 Å². The molecule has 0 bridgehead atoms. The molecule has 0 N–H and O–H groups in total. The Bertz CT molecular complexity index is 629. The third-order valence-electron chi connectivity index (χ3n) is 3.74. The average molecular weight is 270 g/mol. The van der Waals surface area contributed by atoms with E-state index >= 15 is 0 Å². The van der Waals surface area contributed by atoms with Crippen LogP contribution in [0, 0.1) is 6.92 Å². The van der Waals surface area contributed by atoms with Crippen LogP contribution in [-0.2, 0) is 6.54 Å². The fourth-order valence-corrected chi connectivity index (χ4v) is 2.26. The fraction of sp³-hybridized carbons (Fsp3) is 0.375. The van der Waals surface area contributed by atoms with E-state index in [-0.39, 0.29) is 5.91 Å². The number of hydrogen-bond acceptors (Lipinski definition) is 3. The molecule has 3 rings (SSSR count). The summed E-state index contributed by atoms with van der Waals surface area (Å²) in [5.41, 5.74) is 2.74. The zero-order valence-corrected chi connectivity index (χ0v) is 11.8. The van der Waals surface area contributed by atoms with Crippen molar-refractivity contribution in [1.29, 1.82) is 0 Å². The predicted molar refractivity (Wildman–Crippen MR) is 75.5 cm³/mol. The molecule has 0 aliphatic heterocycles. The molecule has 1 amide bonds. The molecule has 1 saturated carbocycles. The maximum absolute atomic E-state index is 12.3. The van der Waals surface area contributed by atoms with Gasteiger partial charge in [-0.05, 0) is 30.9 Å². The van der Waals surface area contributed by atoms with Gasteiger partial charge in [-0.1, -0.05) is 29.4 Å². The SMILES string of the molecule is Cc1ccccc1CN(C)C(=O)c1cc(C2CC2)on1. The van der Waals surface area contributed by atoms with Crippen LogP contribution < -0.4 is 0 Å². The van der Waals surface area contributed by atoms with Crippen LogP contribution in [0.15, 0.2) is 34.9 Å². The number of rotatable bonds is 4. The van der Waals surface area contributed by atoms with Gasteiger partial charge in [0.25, 0.3) is 5.91 Å². The van der Waals surface area contributed by atoms with Crippen LogP contribution in [-0.4, -0.2) is 23.0 Å². The highest BCUT2D eigenvalue weighted by Crippen LogP contribution is 2.40. The standard InChI is InChI=1S/C16H18N2O2/c1-11-5-3-4-6-13(11)10-18(2)16(19)14-9-15(20-17-14)12-7-8-12/h3-6,9,12H,7-8,10H2,1-2H3. The van der Waals surface area contributed by atoms with Crippen LogP contribution in [0.5, 0.6) is 0 Å². The summed E-state index contributed by atoms with van der Waals surface area (Å²) in [5, 5.41) is 3.90. The molecule has 0 atom stereocenters. The van der Waals surface area contributed by atoms with E-state index in [1.807, 2.05) is 18.2 Å². The first kappa shape index (κ1) is 12.9. The molecule has 0 unspecified atom stereocenters. The summed E-state index contributed by atoms with van der Waals surface area (Å²) < 4.78 is 5.24. The first-order chi connectivity index (χ1) is 9.65. The normalized spacial score (nSPS) is 14.3. The van der Waals surface area contributed by atoms with Crippen LogP contribution in [0.25, 0.3) is 0 Å². The zero-order valence-electron chi connectivity index (χ0n) is 11.8. The average Bonchev–Trinajstić information content (AvgIpc) is 3.18. The molecule has 4 heteroatoms. The van der Waals surface area contributed by atoms with E-state index < -0.39 is 0 Å². The Balaban J connectivity index is 1.71. The van der Waals surface area contributed by atoms with Crippen molar-refractivity contribution in [3.63, 3.8) is 0 Å². The summed E-state index contributed by atoms with van der Waals surface area (Å²) in [5.74, 6) is 1.23. The fourth-order valence-electron chi connectivity index (χ4n) is 2.26. The van der Waals surface area contributed by atoms with Crippen LogP contribution in [0.3, 0.4) is 0 Å². The molecule has 1 aliphatic carbocycles. The maximum Gasteiger partial charge on any atom is 0.276 e. The minimum absolute atomic E-state index is 0.0936. The molecule has 1 aromatic carbocycles. The van der Waals surface area contributed by atoms with E-state index in [0.717, 1.165) is 24.2 Å². The summed E-state index contributed by atoms with van der Waals surface area (Å²) in [6.07, 6.45) is 2.28. The minimum Gasteiger partial charge on any atom is -0.360 e. The Morgan fingerprint density at radius 1 is 1.40 bits per heavy atom. The van der Waals surface area contributed by atoms with Crippen LogP contribution in [0.1, 0.15) is 46.1 Å². The summed E-state index contributed by atoms with van der Waals surface area (Å²) in [6, 6.07) is 9.86. The van der Waals surface area contributed by atoms with E-state index in [0.29, 0.717) is 18.2 Å². The lowest BCUT2D eigenvalue weighted by Crippen LogP contribution is -2.26. The molecule has 1 aliphatic rings. The zero-order chi connectivity index (χ0) is 14.1. The van der Waals surface area contributed by atoms with Gasteiger partial charge in [0.1, 0.15) is 5.76 Å². The Kier molecular flexibility index (Phi) is 3.30. The largest absolute Gasteiger partial charge is 0.360 e. The third-order valence-corrected chi connectivity index (χ3v) is 3.74. The van der Waals surface area contributed by atoms with Crippen molar-refractivity contribution in [2.45, 2.75) is 32.2 Å². The summed E-state index contributed by atoms with van der Waals surface area (Å²) in [4.78, 5) is 14.0.